The van der Waals surface area contributed by atoms with Gasteiger partial charge in [0.15, 0.2) is 5.13 Å². The number of nitrogens with zero attached hydrogens (tertiary/aromatic N) is 4. The van der Waals surface area contributed by atoms with Crippen molar-refractivity contribution < 1.29 is 14.1 Å². The monoisotopic (exact) mass is 412 g/mol. The molecule has 148 valence electrons. The maximum absolute atomic E-state index is 13.9. The number of hydrogen-bond acceptors (Lipinski definition) is 6. The first kappa shape index (κ1) is 19.0. The van der Waals surface area contributed by atoms with Gasteiger partial charge >= 0.3 is 0 Å². The van der Waals surface area contributed by atoms with Crippen LogP contribution in [0.1, 0.15) is 5.56 Å². The Morgan fingerprint density at radius 2 is 1.86 bits per heavy atom. The summed E-state index contributed by atoms with van der Waals surface area (Å²) in [6, 6.07) is 10.9. The van der Waals surface area contributed by atoms with Crippen LogP contribution in [0, 0.1) is 15.9 Å². The lowest BCUT2D eigenvalue weighted by atomic mass is 10.2. The minimum atomic E-state index is -0.460. The molecule has 0 saturated carbocycles. The van der Waals surface area contributed by atoms with Gasteiger partial charge in [-0.15, -0.1) is 0 Å². The molecule has 1 amide bonds. The summed E-state index contributed by atoms with van der Waals surface area (Å²) in [5, 5.41) is 11.4. The van der Waals surface area contributed by atoms with E-state index in [4.69, 9.17) is 0 Å². The van der Waals surface area contributed by atoms with E-state index in [1.165, 1.54) is 35.6 Å². The molecule has 7 nitrogen and oxygen atoms in total. The number of nitro groups is 1. The van der Waals surface area contributed by atoms with Crippen LogP contribution in [0.2, 0.25) is 0 Å². The molecule has 0 atom stereocenters. The number of para-hydroxylation sites is 1. The number of anilines is 1. The predicted octanol–water partition coefficient (Wildman–Crippen LogP) is 3.71. The van der Waals surface area contributed by atoms with Gasteiger partial charge in [0, 0.05) is 44.4 Å². The summed E-state index contributed by atoms with van der Waals surface area (Å²) in [5.74, 6) is -0.437. The zero-order chi connectivity index (χ0) is 20.4. The minimum Gasteiger partial charge on any atom is -0.345 e. The number of rotatable bonds is 4. The maximum Gasteiger partial charge on any atom is 0.269 e. The molecule has 0 unspecified atom stereocenters. The van der Waals surface area contributed by atoms with Crippen LogP contribution < -0.4 is 4.90 Å². The third-order valence-corrected chi connectivity index (χ3v) is 5.82. The highest BCUT2D eigenvalue weighted by Crippen LogP contribution is 2.30. The highest BCUT2D eigenvalue weighted by atomic mass is 32.1. The summed E-state index contributed by atoms with van der Waals surface area (Å²) in [4.78, 5) is 30.9. The first-order chi connectivity index (χ1) is 14.0. The largest absolute Gasteiger partial charge is 0.345 e. The Hall–Kier alpha value is -3.33. The molecule has 1 saturated heterocycles. The second-order valence-corrected chi connectivity index (χ2v) is 7.59. The lowest BCUT2D eigenvalue weighted by molar-refractivity contribution is -0.384. The number of non-ortho nitro benzene ring substituents is 1. The smallest absolute Gasteiger partial charge is 0.269 e. The summed E-state index contributed by atoms with van der Waals surface area (Å²) in [7, 11) is 0. The van der Waals surface area contributed by atoms with E-state index in [0.717, 1.165) is 15.4 Å². The van der Waals surface area contributed by atoms with Gasteiger partial charge in [0.25, 0.3) is 5.69 Å². The van der Waals surface area contributed by atoms with Crippen molar-refractivity contribution in [1.82, 2.24) is 9.88 Å². The number of benzene rings is 2. The highest BCUT2D eigenvalue weighted by Gasteiger charge is 2.22. The first-order valence-electron chi connectivity index (χ1n) is 9.03. The van der Waals surface area contributed by atoms with E-state index in [-0.39, 0.29) is 17.4 Å². The van der Waals surface area contributed by atoms with Crippen molar-refractivity contribution in [2.45, 2.75) is 0 Å². The lowest BCUT2D eigenvalue weighted by Crippen LogP contribution is -2.48. The molecule has 2 heterocycles. The van der Waals surface area contributed by atoms with Crippen LogP contribution in [0.5, 0.6) is 0 Å². The van der Waals surface area contributed by atoms with Gasteiger partial charge in [-0.2, -0.15) is 0 Å². The van der Waals surface area contributed by atoms with E-state index in [1.54, 1.807) is 29.2 Å². The number of thiazole rings is 1. The molecule has 0 radical (unpaired) electrons. The third-order valence-electron chi connectivity index (χ3n) is 4.74. The van der Waals surface area contributed by atoms with Gasteiger partial charge in [-0.3, -0.25) is 14.9 Å². The molecule has 0 N–H and O–H groups in total. The van der Waals surface area contributed by atoms with E-state index >= 15 is 0 Å². The minimum absolute atomic E-state index is 0.0133. The van der Waals surface area contributed by atoms with Crippen LogP contribution in [0.25, 0.3) is 16.3 Å². The Kier molecular flexibility index (Phi) is 5.22. The van der Waals surface area contributed by atoms with Crippen LogP contribution in [-0.4, -0.2) is 46.9 Å². The molecule has 0 bridgehead atoms. The van der Waals surface area contributed by atoms with Gasteiger partial charge in [0.1, 0.15) is 11.3 Å². The Morgan fingerprint density at radius 1 is 1.14 bits per heavy atom. The van der Waals surface area contributed by atoms with Crippen LogP contribution in [-0.2, 0) is 4.79 Å². The topological polar surface area (TPSA) is 79.6 Å². The van der Waals surface area contributed by atoms with Gasteiger partial charge in [-0.1, -0.05) is 17.4 Å². The second-order valence-electron chi connectivity index (χ2n) is 6.58. The van der Waals surface area contributed by atoms with Crippen molar-refractivity contribution in [3.63, 3.8) is 0 Å². The quantitative estimate of drug-likeness (QED) is 0.371. The molecule has 1 aliphatic heterocycles. The number of carbonyl (C=O) groups excluding carboxylic acids is 1. The van der Waals surface area contributed by atoms with Crippen LogP contribution in [0.15, 0.2) is 48.5 Å². The normalized spacial score (nSPS) is 14.7. The van der Waals surface area contributed by atoms with E-state index in [0.29, 0.717) is 31.7 Å². The fourth-order valence-corrected chi connectivity index (χ4v) is 4.17. The third kappa shape index (κ3) is 4.09. The lowest BCUT2D eigenvalue weighted by Gasteiger charge is -2.34. The van der Waals surface area contributed by atoms with E-state index in [2.05, 4.69) is 9.88 Å². The zero-order valence-corrected chi connectivity index (χ0v) is 16.1. The molecule has 0 aliphatic carbocycles. The van der Waals surface area contributed by atoms with Crippen molar-refractivity contribution in [3.8, 4) is 0 Å². The molecule has 29 heavy (non-hydrogen) atoms. The summed E-state index contributed by atoms with van der Waals surface area (Å²) in [5.41, 5.74) is 1.12. The first-order valence-corrected chi connectivity index (χ1v) is 9.84. The second kappa shape index (κ2) is 7.96. The molecule has 0 spiro atoms. The summed E-state index contributed by atoms with van der Waals surface area (Å²) in [6.07, 6.45) is 3.12. The number of piperazine rings is 1. The highest BCUT2D eigenvalue weighted by molar-refractivity contribution is 7.22. The Bertz CT molecular complexity index is 1090. The van der Waals surface area contributed by atoms with Crippen molar-refractivity contribution >= 4 is 44.4 Å². The average Bonchev–Trinajstić information content (AvgIpc) is 3.18. The maximum atomic E-state index is 13.9. The van der Waals surface area contributed by atoms with E-state index in [9.17, 15) is 19.3 Å². The predicted molar refractivity (Wildman–Crippen MR) is 111 cm³/mol. The fourth-order valence-electron chi connectivity index (χ4n) is 3.14. The fraction of sp³-hybridized carbons (Fsp3) is 0.200. The van der Waals surface area contributed by atoms with Gasteiger partial charge in [-0.05, 0) is 35.9 Å². The van der Waals surface area contributed by atoms with Crippen molar-refractivity contribution in [3.05, 3.63) is 70.0 Å². The number of aromatic nitrogens is 1. The molecule has 9 heteroatoms. The molecular weight excluding hydrogens is 395 g/mol. The Morgan fingerprint density at radius 3 is 2.52 bits per heavy atom. The van der Waals surface area contributed by atoms with E-state index < -0.39 is 4.92 Å². The molecule has 1 aliphatic rings. The Labute approximate surface area is 169 Å². The van der Waals surface area contributed by atoms with Crippen molar-refractivity contribution in [2.75, 3.05) is 31.1 Å². The van der Waals surface area contributed by atoms with Gasteiger partial charge < -0.3 is 9.80 Å². The van der Waals surface area contributed by atoms with Crippen LogP contribution >= 0.6 is 11.3 Å². The van der Waals surface area contributed by atoms with Crippen molar-refractivity contribution in [2.24, 2.45) is 0 Å². The molecule has 4 rings (SSSR count). The van der Waals surface area contributed by atoms with Crippen LogP contribution in [0.3, 0.4) is 0 Å². The zero-order valence-electron chi connectivity index (χ0n) is 15.3. The van der Waals surface area contributed by atoms with Gasteiger partial charge in [-0.25, -0.2) is 9.37 Å². The van der Waals surface area contributed by atoms with Crippen molar-refractivity contribution in [1.29, 1.82) is 0 Å². The molecule has 2 aromatic carbocycles. The summed E-state index contributed by atoms with van der Waals surface area (Å²) < 4.78 is 14.7. The van der Waals surface area contributed by atoms with Gasteiger partial charge in [0.05, 0.1) is 9.62 Å². The molecule has 1 aromatic heterocycles. The number of nitro benzene ring substituents is 1. The number of carbonyl (C=O) groups is 1. The number of amides is 1. The molecular formula is C20H17FN4O3S. The van der Waals surface area contributed by atoms with Crippen LogP contribution in [0.4, 0.5) is 15.2 Å². The van der Waals surface area contributed by atoms with Gasteiger partial charge in [0.2, 0.25) is 5.91 Å². The standard InChI is InChI=1S/C20H17FN4O3S/c21-16-2-1-3-17-19(16)22-20(29-17)24-12-10-23(11-13-24)18(26)9-6-14-4-7-15(8-5-14)25(27)28/h1-9H,10-13H2/b9-6+. The summed E-state index contributed by atoms with van der Waals surface area (Å²) in [6.45, 7) is 2.33. The Balaban J connectivity index is 1.36. The van der Waals surface area contributed by atoms with E-state index in [1.807, 2.05) is 6.07 Å². The number of hydrogen-bond donors (Lipinski definition) is 0. The molecule has 3 aromatic rings. The summed E-state index contributed by atoms with van der Waals surface area (Å²) >= 11 is 1.45. The number of fused-ring (bicyclic) bond motifs is 1. The number of halogens is 1. The molecule has 1 fully saturated rings. The average molecular weight is 412 g/mol. The SMILES string of the molecule is O=C(/C=C/c1ccc([N+](=O)[O-])cc1)N1CCN(c2nc3c(F)cccc3s2)CC1.